The third kappa shape index (κ3) is 27.4. The Morgan fingerprint density at radius 2 is 0.364 bits per heavy atom. The van der Waals surface area contributed by atoms with Crippen LogP contribution in [0.4, 0.5) is 0 Å². The Morgan fingerprint density at radius 3 is 0.483 bits per heavy atom. The summed E-state index contributed by atoms with van der Waals surface area (Å²) >= 11 is 0. The predicted octanol–water partition coefficient (Wildman–Crippen LogP) is 18.5. The third-order valence-corrected chi connectivity index (χ3v) is 40.8. The van der Waals surface area contributed by atoms with Gasteiger partial charge < -0.3 is 19.6 Å². The zero-order chi connectivity index (χ0) is 82.3. The normalized spacial score (nSPS) is 19.1. The molecule has 0 atom stereocenters. The molecule has 0 aromatic heterocycles. The van der Waals surface area contributed by atoms with Gasteiger partial charge in [-0.3, -0.25) is 18.3 Å². The molecular weight excluding hydrogens is 1810 g/mol. The molecule has 1 heterocycles. The number of hydrogen-bond donors (Lipinski definition) is 0. The van der Waals surface area contributed by atoms with Crippen LogP contribution in [0.1, 0.15) is 65.2 Å². The Kier molecular flexibility index (Phi) is 40.6. The number of rotatable bonds is 14. The van der Waals surface area contributed by atoms with E-state index in [0.29, 0.717) is 0 Å². The Morgan fingerprint density at radius 1 is 0.254 bits per heavy atom. The van der Waals surface area contributed by atoms with Gasteiger partial charge >= 0.3 is 0 Å². The topological polar surface area (TPSA) is 270 Å². The number of nitriles is 2. The second-order valence-electron chi connectivity index (χ2n) is 25.5. The average molecular weight is 1900 g/mol. The van der Waals surface area contributed by atoms with Gasteiger partial charge in [0.15, 0.2) is 0 Å². The van der Waals surface area contributed by atoms with Gasteiger partial charge in [-0.1, -0.05) is 340 Å². The number of phosphoric acid groups is 4. The summed E-state index contributed by atoms with van der Waals surface area (Å²) in [5, 5.41) is 29.7. The van der Waals surface area contributed by atoms with Crippen molar-refractivity contribution in [3.8, 4) is 12.1 Å². The summed E-state index contributed by atoms with van der Waals surface area (Å²) in [4.78, 5) is 42.2. The van der Waals surface area contributed by atoms with Crippen LogP contribution in [-0.4, -0.2) is 0 Å². The molecule has 16 nitrogen and oxygen atoms in total. The van der Waals surface area contributed by atoms with E-state index in [1.54, 1.807) is 12.1 Å². The summed E-state index contributed by atoms with van der Waals surface area (Å²) < 4.78 is 67.3. The Labute approximate surface area is 721 Å². The maximum atomic E-state index is 10.6. The van der Waals surface area contributed by atoms with Gasteiger partial charge in [0.2, 0.25) is 14.8 Å². The van der Waals surface area contributed by atoms with Gasteiger partial charge in [-0.05, 0) is 124 Å². The summed E-state index contributed by atoms with van der Waals surface area (Å²) in [7, 11) is -33.5. The average Bonchev–Trinajstić information content (AvgIpc) is 0.724. The van der Waals surface area contributed by atoms with Crippen LogP contribution in [0.15, 0.2) is 422 Å². The molecule has 0 unspecified atom stereocenters. The van der Waals surface area contributed by atoms with Gasteiger partial charge in [0.1, 0.15) is 45.9 Å². The van der Waals surface area contributed by atoms with Crippen LogP contribution >= 0.6 is 60.2 Å². The first-order valence-electron chi connectivity index (χ1n) is 37.4. The zero-order valence-corrected chi connectivity index (χ0v) is 75.3. The molecule has 2 aliphatic carbocycles. The molecule has 1 saturated heterocycles. The van der Waals surface area contributed by atoms with E-state index in [1.807, 2.05) is 0 Å². The van der Waals surface area contributed by atoms with Crippen LogP contribution in [0, 0.1) is 22.7 Å². The molecule has 0 bridgehead atoms. The number of hydrogen-bond acceptors (Lipinski definition) is 16. The Bertz CT molecular complexity index is 4660. The van der Waals surface area contributed by atoms with Crippen molar-refractivity contribution in [2.75, 3.05) is 0 Å². The van der Waals surface area contributed by atoms with Gasteiger partial charge in [-0.2, -0.15) is 10.5 Å². The maximum absolute atomic E-state index is 10.6. The molecule has 3 aliphatic rings. The maximum Gasteiger partial charge on any atom is 0.280 e. The summed E-state index contributed by atoms with van der Waals surface area (Å²) in [6, 6.07) is 135. The van der Waals surface area contributed by atoms with Gasteiger partial charge in [0.05, 0.1) is 12.1 Å². The van der Waals surface area contributed by atoms with Crippen molar-refractivity contribution in [2.24, 2.45) is 9.03 Å². The molecule has 118 heavy (non-hydrogen) atoms. The second-order valence-corrected chi connectivity index (χ2v) is 44.4. The molecule has 26 heteroatoms. The van der Waals surface area contributed by atoms with Crippen LogP contribution in [0.5, 0.6) is 0 Å². The van der Waals surface area contributed by atoms with E-state index in [0.717, 1.165) is 0 Å². The second kappa shape index (κ2) is 49.5. The molecule has 12 aromatic carbocycles. The summed E-state index contributed by atoms with van der Waals surface area (Å²) in [5.41, 5.74) is 0. The Balaban J connectivity index is 0.000000225. The molecule has 0 amide bonds. The number of nitrogens with zero attached hydrogens (tertiary/aromatic N) is 4. The largest absolute Gasteiger partial charge is 0.756 e. The van der Waals surface area contributed by atoms with Crippen LogP contribution in [0.2, 0.25) is 0 Å². The van der Waals surface area contributed by atoms with Crippen LogP contribution in [0.3, 0.4) is 0 Å². The van der Waals surface area contributed by atoms with Crippen molar-refractivity contribution in [2.45, 2.75) is 65.2 Å². The quantitative estimate of drug-likeness (QED) is 0.0556. The van der Waals surface area contributed by atoms with Crippen LogP contribution in [0.25, 0.3) is 0 Å². The molecule has 0 saturated carbocycles. The molecule has 0 N–H and O–H groups in total. The third-order valence-electron chi connectivity index (χ3n) is 17.6. The molecule has 1 fully saturated rings. The van der Waals surface area contributed by atoms with E-state index >= 15 is 0 Å². The van der Waals surface area contributed by atoms with Gasteiger partial charge in [-0.15, -0.1) is 9.03 Å². The van der Waals surface area contributed by atoms with E-state index in [-0.39, 0.29) is 39.0 Å². The van der Waals surface area contributed by atoms with Crippen molar-refractivity contribution >= 4 is 124 Å². The smallest absolute Gasteiger partial charge is 0.280 e. The minimum absolute atomic E-state index is 0. The SMILES string of the molecule is C1=C\CC/C=C\CC/1.C1=C\CC/C=C\CC/1.CC#N.CC#N.O=P1([O-])OP(=O)([O-])OP(=O)([O-])OP(=O)([O-])O1.[Rh].[Rh].c1ccc(P(=N[P+](c2ccccc2)(c2ccccc2)c2ccccc2)(c2ccccc2)c2ccccc2)cc1.c1ccc(P(=N[P+](c2ccccc2)(c2ccccc2)c2ccccc2)(c2ccccc2)c2ccccc2)cc1. The fourth-order valence-electron chi connectivity index (χ4n) is 12.8. The molecule has 610 valence electrons. The summed E-state index contributed by atoms with van der Waals surface area (Å²) in [6.07, 6.45) is 28.0. The van der Waals surface area contributed by atoms with Crippen molar-refractivity contribution in [3.05, 3.63) is 413 Å². The Hall–Kier alpha value is -8.25. The fraction of sp³-hybridized carbons (Fsp3) is 0.109. The van der Waals surface area contributed by atoms with Gasteiger partial charge in [-0.25, -0.2) is 17.2 Å². The molecule has 2 radical (unpaired) electrons. The van der Waals surface area contributed by atoms with Gasteiger partial charge in [0.25, 0.3) is 31.3 Å². The molecule has 12 aromatic rings. The minimum Gasteiger partial charge on any atom is -0.756 e. The van der Waals surface area contributed by atoms with Crippen molar-refractivity contribution in [3.63, 3.8) is 0 Å². The zero-order valence-electron chi connectivity index (χ0n) is 64.8. The predicted molar refractivity (Wildman–Crippen MR) is 476 cm³/mol. The number of benzene rings is 12. The van der Waals surface area contributed by atoms with E-state index in [4.69, 9.17) is 19.6 Å². The van der Waals surface area contributed by atoms with Gasteiger partial charge in [0, 0.05) is 84.6 Å². The van der Waals surface area contributed by atoms with E-state index < -0.39 is 60.2 Å². The van der Waals surface area contributed by atoms with Crippen molar-refractivity contribution in [1.82, 2.24) is 0 Å². The number of allylic oxidation sites excluding steroid dienone is 8. The molecule has 15 rings (SSSR count). The van der Waals surface area contributed by atoms with Crippen molar-refractivity contribution < 1.29 is 94.0 Å². The molecule has 1 aliphatic heterocycles. The molecule has 0 spiro atoms. The minimum atomic E-state index is -5.87. The molecular formula is C92H90N4O12P8Rh2-2. The summed E-state index contributed by atoms with van der Waals surface area (Å²) in [6.45, 7) is 2.86. The monoisotopic (exact) mass is 1900 g/mol. The summed E-state index contributed by atoms with van der Waals surface area (Å²) in [5.74, 6) is 0. The van der Waals surface area contributed by atoms with Crippen LogP contribution in [-0.2, 0) is 74.5 Å². The van der Waals surface area contributed by atoms with E-state index in [1.165, 1.54) is 129 Å². The first-order valence-corrected chi connectivity index (χ1v) is 50.2. The van der Waals surface area contributed by atoms with Crippen molar-refractivity contribution in [1.29, 1.82) is 10.5 Å². The first-order chi connectivity index (χ1) is 56.3. The first kappa shape index (κ1) is 96.9. The van der Waals surface area contributed by atoms with Crippen LogP contribution < -0.4 is 83.2 Å². The fourth-order valence-corrected chi connectivity index (χ4v) is 37.3. The standard InChI is InChI=1S/2C36H30NP2.2C8H12.2C2H3N.H4O12P4.2Rh/c2*1-7-19-31(20-8-1)38(32-21-9-2-10-22-32,33-23-11-3-12-24-33)37-39(34-25-13-4-14-26-34,35-27-15-5-16-28-35)36-29-17-6-18-30-36;2*1-2-4-6-8-7-5-3-1;2*1-2-3;1-13(2)9-14(3,4)11-16(7,8)12-15(5,6)10-13;;/h2*1-30H;2*1-2,7-8H,3-6H2;2*1H3;(H,1,2)(H,3,4)(H,5,6)(H,7,8);;/q2*+1;;;;;;;/p-4/b;;2*2-1-,8-7-;;;;;. The van der Waals surface area contributed by atoms with E-state index in [2.05, 4.69) is 430 Å². The van der Waals surface area contributed by atoms with E-state index in [9.17, 15) is 37.8 Å².